The lowest BCUT2D eigenvalue weighted by atomic mass is 10.1. The molecule has 7 heteroatoms. The number of nitrogens with one attached hydrogen (secondary N) is 2. The highest BCUT2D eigenvalue weighted by Crippen LogP contribution is 2.18. The number of hydrogen-bond donors (Lipinski definition) is 2. The van der Waals surface area contributed by atoms with E-state index >= 15 is 0 Å². The van der Waals surface area contributed by atoms with Crippen molar-refractivity contribution in [1.82, 2.24) is 10.3 Å². The van der Waals surface area contributed by atoms with E-state index in [0.29, 0.717) is 18.1 Å². The topological polar surface area (TPSA) is 91.4 Å². The van der Waals surface area contributed by atoms with Gasteiger partial charge in [-0.05, 0) is 54.8 Å². The quantitative estimate of drug-likeness (QED) is 0.526. The minimum Gasteiger partial charge on any atom is -0.350 e. The molecule has 7 nitrogen and oxygen atoms in total. The van der Waals surface area contributed by atoms with Crippen molar-refractivity contribution in [2.24, 2.45) is 0 Å². The summed E-state index contributed by atoms with van der Waals surface area (Å²) in [6.07, 6.45) is 1.57. The molecule has 0 fully saturated rings. The average molecular weight is 445 g/mol. The second-order valence-electron chi connectivity index (χ2n) is 7.85. The van der Waals surface area contributed by atoms with Crippen LogP contribution in [0, 0.1) is 13.8 Å². The van der Waals surface area contributed by atoms with E-state index in [0.717, 1.165) is 16.7 Å². The summed E-state index contributed by atoms with van der Waals surface area (Å²) in [6, 6.07) is 20.5. The molecule has 0 radical (unpaired) electrons. The van der Waals surface area contributed by atoms with Gasteiger partial charge in [-0.3, -0.25) is 14.4 Å². The molecule has 1 aromatic heterocycles. The smallest absolute Gasteiger partial charge is 0.240 e. The lowest BCUT2D eigenvalue weighted by Crippen LogP contribution is -2.41. The molecule has 2 N–H and O–H groups in total. The van der Waals surface area contributed by atoms with Gasteiger partial charge in [-0.15, -0.1) is 0 Å². The van der Waals surface area contributed by atoms with Gasteiger partial charge in [-0.25, -0.2) is 4.98 Å². The fourth-order valence-corrected chi connectivity index (χ4v) is 3.28. The van der Waals surface area contributed by atoms with Crippen LogP contribution in [0.1, 0.15) is 29.5 Å². The van der Waals surface area contributed by atoms with Gasteiger partial charge < -0.3 is 15.5 Å². The summed E-state index contributed by atoms with van der Waals surface area (Å²) in [5.74, 6) is -0.438. The van der Waals surface area contributed by atoms with E-state index in [1.807, 2.05) is 68.4 Å². The lowest BCUT2D eigenvalue weighted by Gasteiger charge is -2.23. The number of carbonyl (C=O) groups is 3. The maximum atomic E-state index is 13.0. The number of carbonyl (C=O) groups excluding carboxylic acids is 3. The van der Waals surface area contributed by atoms with E-state index in [4.69, 9.17) is 0 Å². The second-order valence-corrected chi connectivity index (χ2v) is 7.85. The average Bonchev–Trinajstić information content (AvgIpc) is 2.80. The summed E-state index contributed by atoms with van der Waals surface area (Å²) in [7, 11) is 0. The number of aromatic nitrogens is 1. The Labute approximate surface area is 193 Å². The summed E-state index contributed by atoms with van der Waals surface area (Å²) in [5.41, 5.74) is 3.54. The van der Waals surface area contributed by atoms with Gasteiger partial charge in [0.1, 0.15) is 12.4 Å². The molecule has 3 amide bonds. The van der Waals surface area contributed by atoms with E-state index < -0.39 is 0 Å². The van der Waals surface area contributed by atoms with Crippen LogP contribution in [-0.4, -0.2) is 29.3 Å². The first-order chi connectivity index (χ1) is 15.9. The van der Waals surface area contributed by atoms with Gasteiger partial charge in [-0.2, -0.15) is 0 Å². The molecule has 0 aliphatic carbocycles. The Kier molecular flexibility index (Phi) is 8.30. The molecule has 0 unspecified atom stereocenters. The number of pyridine rings is 1. The molecule has 0 saturated carbocycles. The normalized spacial score (nSPS) is 10.4. The SMILES string of the molecule is Cc1cccc(N(CC(=O)NCc2ccccc2)C(=O)CCC(=O)Nc2cc(C)ccn2)c1. The Bertz CT molecular complexity index is 1120. The summed E-state index contributed by atoms with van der Waals surface area (Å²) >= 11 is 0. The van der Waals surface area contributed by atoms with Gasteiger partial charge in [0.2, 0.25) is 17.7 Å². The second kappa shape index (κ2) is 11.6. The van der Waals surface area contributed by atoms with Gasteiger partial charge in [0.05, 0.1) is 0 Å². The molecule has 3 rings (SSSR count). The molecule has 0 bridgehead atoms. The van der Waals surface area contributed by atoms with Gasteiger partial charge >= 0.3 is 0 Å². The molecular formula is C26H28N4O3. The van der Waals surface area contributed by atoms with Crippen LogP contribution in [0.5, 0.6) is 0 Å². The summed E-state index contributed by atoms with van der Waals surface area (Å²) in [5, 5.41) is 5.56. The zero-order valence-electron chi connectivity index (χ0n) is 18.9. The molecular weight excluding hydrogens is 416 g/mol. The number of nitrogens with zero attached hydrogens (tertiary/aromatic N) is 2. The summed E-state index contributed by atoms with van der Waals surface area (Å²) in [4.78, 5) is 43.5. The molecule has 2 aromatic carbocycles. The first kappa shape index (κ1) is 23.7. The van der Waals surface area contributed by atoms with Crippen LogP contribution in [-0.2, 0) is 20.9 Å². The fourth-order valence-electron chi connectivity index (χ4n) is 3.28. The fraction of sp³-hybridized carbons (Fsp3) is 0.231. The number of aryl methyl sites for hydroxylation is 2. The van der Waals surface area contributed by atoms with Crippen LogP contribution in [0.25, 0.3) is 0 Å². The maximum Gasteiger partial charge on any atom is 0.240 e. The summed E-state index contributed by atoms with van der Waals surface area (Å²) < 4.78 is 0. The Morgan fingerprint density at radius 2 is 1.61 bits per heavy atom. The maximum absolute atomic E-state index is 13.0. The third-order valence-corrected chi connectivity index (χ3v) is 5.00. The molecule has 1 heterocycles. The summed E-state index contributed by atoms with van der Waals surface area (Å²) in [6.45, 7) is 4.07. The first-order valence-electron chi connectivity index (χ1n) is 10.8. The molecule has 0 atom stereocenters. The molecule has 170 valence electrons. The van der Waals surface area contributed by atoms with Crippen molar-refractivity contribution < 1.29 is 14.4 Å². The van der Waals surface area contributed by atoms with Crippen molar-refractivity contribution >= 4 is 29.2 Å². The van der Waals surface area contributed by atoms with Crippen molar-refractivity contribution in [3.8, 4) is 0 Å². The number of amides is 3. The largest absolute Gasteiger partial charge is 0.350 e. The molecule has 0 aliphatic rings. The Balaban J connectivity index is 1.62. The highest BCUT2D eigenvalue weighted by molar-refractivity contribution is 6.01. The molecule has 0 aliphatic heterocycles. The van der Waals surface area contributed by atoms with E-state index in [1.54, 1.807) is 18.3 Å². The van der Waals surface area contributed by atoms with Gasteiger partial charge in [0, 0.05) is 31.3 Å². The lowest BCUT2D eigenvalue weighted by molar-refractivity contribution is -0.125. The van der Waals surface area contributed by atoms with Crippen molar-refractivity contribution in [3.63, 3.8) is 0 Å². The van der Waals surface area contributed by atoms with Crippen LogP contribution in [0.3, 0.4) is 0 Å². The number of hydrogen-bond acceptors (Lipinski definition) is 4. The molecule has 0 spiro atoms. The highest BCUT2D eigenvalue weighted by atomic mass is 16.2. The van der Waals surface area contributed by atoms with E-state index in [2.05, 4.69) is 15.6 Å². The van der Waals surface area contributed by atoms with Crippen LogP contribution >= 0.6 is 0 Å². The third-order valence-electron chi connectivity index (χ3n) is 5.00. The molecule has 0 saturated heterocycles. The molecule has 3 aromatic rings. The minimum atomic E-state index is -0.306. The van der Waals surface area contributed by atoms with Crippen molar-refractivity contribution in [2.75, 3.05) is 16.8 Å². The third kappa shape index (κ3) is 7.57. The van der Waals surface area contributed by atoms with Crippen LogP contribution in [0.15, 0.2) is 72.9 Å². The zero-order valence-corrected chi connectivity index (χ0v) is 18.9. The standard InChI is InChI=1S/C26H28N4O3/c1-19-7-6-10-22(15-19)30(18-25(32)28-17-21-8-4-3-5-9-21)26(33)12-11-24(31)29-23-16-20(2)13-14-27-23/h3-10,13-16H,11-12,17-18H2,1-2H3,(H,28,32)(H,27,29,31). The minimum absolute atomic E-state index is 0.0115. The van der Waals surface area contributed by atoms with Gasteiger partial charge in [-0.1, -0.05) is 42.5 Å². The number of benzene rings is 2. The predicted octanol–water partition coefficient (Wildman–Crippen LogP) is 3.77. The highest BCUT2D eigenvalue weighted by Gasteiger charge is 2.20. The van der Waals surface area contributed by atoms with E-state index in [1.165, 1.54) is 4.90 Å². The van der Waals surface area contributed by atoms with Gasteiger partial charge in [0.25, 0.3) is 0 Å². The molecule has 33 heavy (non-hydrogen) atoms. The monoisotopic (exact) mass is 444 g/mol. The number of anilines is 2. The van der Waals surface area contributed by atoms with E-state index in [-0.39, 0.29) is 37.1 Å². The van der Waals surface area contributed by atoms with Gasteiger partial charge in [0.15, 0.2) is 0 Å². The van der Waals surface area contributed by atoms with E-state index in [9.17, 15) is 14.4 Å². The van der Waals surface area contributed by atoms with Crippen LogP contribution in [0.4, 0.5) is 11.5 Å². The Hall–Kier alpha value is -4.00. The predicted molar refractivity (Wildman–Crippen MR) is 129 cm³/mol. The first-order valence-corrected chi connectivity index (χ1v) is 10.8. The number of rotatable bonds is 9. The Morgan fingerprint density at radius 1 is 0.848 bits per heavy atom. The van der Waals surface area contributed by atoms with Crippen molar-refractivity contribution in [1.29, 1.82) is 0 Å². The zero-order chi connectivity index (χ0) is 23.6. The van der Waals surface area contributed by atoms with Crippen molar-refractivity contribution in [2.45, 2.75) is 33.2 Å². The van der Waals surface area contributed by atoms with Crippen molar-refractivity contribution in [3.05, 3.63) is 89.6 Å². The Morgan fingerprint density at radius 3 is 2.33 bits per heavy atom. The van der Waals surface area contributed by atoms with Crippen LogP contribution in [0.2, 0.25) is 0 Å². The van der Waals surface area contributed by atoms with Crippen LogP contribution < -0.4 is 15.5 Å².